The Kier molecular flexibility index (Phi) is 4.89. The van der Waals surface area contributed by atoms with E-state index >= 15 is 0 Å². The minimum absolute atomic E-state index is 0.121. The number of carbonyl (C=O) groups is 2. The molecule has 2 aliphatic heterocycles. The van der Waals surface area contributed by atoms with E-state index in [1.54, 1.807) is 6.20 Å². The summed E-state index contributed by atoms with van der Waals surface area (Å²) >= 11 is 0. The van der Waals surface area contributed by atoms with E-state index in [1.807, 2.05) is 6.92 Å². The van der Waals surface area contributed by atoms with Crippen LogP contribution >= 0.6 is 0 Å². The molecule has 0 aliphatic carbocycles. The smallest absolute Gasteiger partial charge is 0.325 e. The Morgan fingerprint density at radius 1 is 1.33 bits per heavy atom. The molecule has 0 aromatic carbocycles. The Morgan fingerprint density at radius 3 is 2.79 bits per heavy atom. The van der Waals surface area contributed by atoms with Crippen molar-refractivity contribution in [2.45, 2.75) is 58.0 Å². The molecule has 0 radical (unpaired) electrons. The van der Waals surface area contributed by atoms with Crippen LogP contribution in [0.15, 0.2) is 6.20 Å². The number of rotatable bonds is 6. The van der Waals surface area contributed by atoms with Gasteiger partial charge in [0.05, 0.1) is 18.4 Å². The van der Waals surface area contributed by atoms with E-state index in [2.05, 4.69) is 27.5 Å². The number of aromatic amines is 1. The predicted octanol–water partition coefficient (Wildman–Crippen LogP) is 1.56. The molecular formula is C17H27N5O2. The third-order valence-corrected chi connectivity index (χ3v) is 5.23. The fraction of sp³-hybridized carbons (Fsp3) is 0.706. The molecule has 132 valence electrons. The number of H-pyrrole nitrogens is 1. The number of aromatic nitrogens is 2. The van der Waals surface area contributed by atoms with E-state index in [1.165, 1.54) is 4.90 Å². The summed E-state index contributed by atoms with van der Waals surface area (Å²) in [5.41, 5.74) is 0.0173. The van der Waals surface area contributed by atoms with Gasteiger partial charge in [-0.15, -0.1) is 0 Å². The summed E-state index contributed by atoms with van der Waals surface area (Å²) in [6.07, 6.45) is 6.61. The maximum Gasteiger partial charge on any atom is 0.325 e. The van der Waals surface area contributed by atoms with Crippen LogP contribution in [-0.2, 0) is 17.8 Å². The first-order chi connectivity index (χ1) is 11.5. The molecule has 0 saturated carbocycles. The molecular weight excluding hydrogens is 306 g/mol. The van der Waals surface area contributed by atoms with Gasteiger partial charge in [-0.25, -0.2) is 9.78 Å². The highest BCUT2D eigenvalue weighted by Gasteiger charge is 2.52. The van der Waals surface area contributed by atoms with Crippen molar-refractivity contribution >= 4 is 11.9 Å². The first-order valence-electron chi connectivity index (χ1n) is 8.92. The number of nitrogens with zero attached hydrogens (tertiary/aromatic N) is 2. The molecule has 3 amide bonds. The molecule has 24 heavy (non-hydrogen) atoms. The summed E-state index contributed by atoms with van der Waals surface area (Å²) in [6.45, 7) is 6.04. The molecule has 2 saturated heterocycles. The lowest BCUT2D eigenvalue weighted by molar-refractivity contribution is -0.133. The van der Waals surface area contributed by atoms with Gasteiger partial charge >= 0.3 is 6.03 Å². The van der Waals surface area contributed by atoms with E-state index < -0.39 is 5.54 Å². The second-order valence-electron chi connectivity index (χ2n) is 7.01. The number of hydrogen-bond donors (Lipinski definition) is 3. The fourth-order valence-electron chi connectivity index (χ4n) is 3.66. The Morgan fingerprint density at radius 2 is 2.08 bits per heavy atom. The topological polar surface area (TPSA) is 90.1 Å². The maximum absolute atomic E-state index is 12.9. The number of aryl methyl sites for hydroxylation is 1. The first-order valence-corrected chi connectivity index (χ1v) is 8.92. The molecule has 1 aromatic rings. The number of urea groups is 1. The lowest BCUT2D eigenvalue weighted by Crippen LogP contribution is -2.53. The number of hydrogen-bond acceptors (Lipinski definition) is 4. The van der Waals surface area contributed by atoms with Gasteiger partial charge in [0.15, 0.2) is 0 Å². The number of unbranched alkanes of at least 4 members (excludes halogenated alkanes) is 1. The van der Waals surface area contributed by atoms with E-state index in [9.17, 15) is 9.59 Å². The lowest BCUT2D eigenvalue weighted by atomic mass is 9.79. The number of piperidine rings is 1. The Labute approximate surface area is 142 Å². The van der Waals surface area contributed by atoms with Crippen molar-refractivity contribution in [1.82, 2.24) is 25.5 Å². The van der Waals surface area contributed by atoms with Gasteiger partial charge in [-0.3, -0.25) is 9.69 Å². The molecule has 3 heterocycles. The monoisotopic (exact) mass is 333 g/mol. The molecule has 2 fully saturated rings. The average molecular weight is 333 g/mol. The summed E-state index contributed by atoms with van der Waals surface area (Å²) in [5.74, 6) is 0.978. The fourth-order valence-corrected chi connectivity index (χ4v) is 3.66. The Balaban J connectivity index is 1.68. The summed E-state index contributed by atoms with van der Waals surface area (Å²) in [5, 5.41) is 6.24. The van der Waals surface area contributed by atoms with Gasteiger partial charge in [0.2, 0.25) is 0 Å². The molecule has 1 atom stereocenters. The SMILES string of the molecule is CCCCc1ncc(CN2C(=O)N[C@@](C)(C3CCNCC3)C2=O)[nH]1. The molecule has 0 bridgehead atoms. The number of amides is 3. The van der Waals surface area contributed by atoms with Crippen LogP contribution in [-0.4, -0.2) is 45.4 Å². The highest BCUT2D eigenvalue weighted by atomic mass is 16.2. The van der Waals surface area contributed by atoms with Crippen LogP contribution in [0, 0.1) is 5.92 Å². The molecule has 1 aromatic heterocycles. The van der Waals surface area contributed by atoms with Gasteiger partial charge in [-0.1, -0.05) is 13.3 Å². The zero-order valence-electron chi connectivity index (χ0n) is 14.5. The number of imidazole rings is 1. The molecule has 7 nitrogen and oxygen atoms in total. The zero-order chi connectivity index (χ0) is 17.2. The molecule has 0 unspecified atom stereocenters. The van der Waals surface area contributed by atoms with Crippen molar-refractivity contribution in [3.05, 3.63) is 17.7 Å². The molecule has 3 N–H and O–H groups in total. The van der Waals surface area contributed by atoms with Crippen LogP contribution in [0.4, 0.5) is 4.79 Å². The summed E-state index contributed by atoms with van der Waals surface area (Å²) in [6, 6.07) is -0.300. The van der Waals surface area contributed by atoms with Crippen molar-refractivity contribution in [3.63, 3.8) is 0 Å². The van der Waals surface area contributed by atoms with Gasteiger partial charge in [-0.2, -0.15) is 0 Å². The lowest BCUT2D eigenvalue weighted by Gasteiger charge is -2.34. The zero-order valence-corrected chi connectivity index (χ0v) is 14.5. The van der Waals surface area contributed by atoms with Crippen LogP contribution in [0.3, 0.4) is 0 Å². The van der Waals surface area contributed by atoms with E-state index in [0.717, 1.165) is 56.7 Å². The largest absolute Gasteiger partial charge is 0.344 e. The van der Waals surface area contributed by atoms with E-state index in [0.29, 0.717) is 0 Å². The predicted molar refractivity (Wildman–Crippen MR) is 90.3 cm³/mol. The van der Waals surface area contributed by atoms with E-state index in [4.69, 9.17) is 0 Å². The van der Waals surface area contributed by atoms with Gasteiger partial charge in [0.25, 0.3) is 5.91 Å². The highest BCUT2D eigenvalue weighted by Crippen LogP contribution is 2.32. The third kappa shape index (κ3) is 3.17. The third-order valence-electron chi connectivity index (χ3n) is 5.23. The normalized spacial score (nSPS) is 25.3. The van der Waals surface area contributed by atoms with E-state index in [-0.39, 0.29) is 24.4 Å². The van der Waals surface area contributed by atoms with Gasteiger partial charge in [0.1, 0.15) is 11.4 Å². The van der Waals surface area contributed by atoms with Crippen LogP contribution in [0.5, 0.6) is 0 Å². The van der Waals surface area contributed by atoms with Crippen LogP contribution in [0.1, 0.15) is 51.0 Å². The van der Waals surface area contributed by atoms with Gasteiger partial charge in [-0.05, 0) is 45.2 Å². The van der Waals surface area contributed by atoms with Crippen molar-refractivity contribution in [2.24, 2.45) is 5.92 Å². The minimum atomic E-state index is -0.787. The summed E-state index contributed by atoms with van der Waals surface area (Å²) in [4.78, 5) is 34.2. The van der Waals surface area contributed by atoms with Crippen molar-refractivity contribution in [2.75, 3.05) is 13.1 Å². The number of imide groups is 1. The second-order valence-corrected chi connectivity index (χ2v) is 7.01. The molecule has 3 rings (SSSR count). The van der Waals surface area contributed by atoms with Crippen LogP contribution in [0.2, 0.25) is 0 Å². The number of carbonyl (C=O) groups excluding carboxylic acids is 2. The van der Waals surface area contributed by atoms with Gasteiger partial charge in [0, 0.05) is 6.42 Å². The maximum atomic E-state index is 12.9. The number of nitrogens with one attached hydrogen (secondary N) is 3. The van der Waals surface area contributed by atoms with Crippen molar-refractivity contribution in [1.29, 1.82) is 0 Å². The van der Waals surface area contributed by atoms with Gasteiger partial charge < -0.3 is 15.6 Å². The highest BCUT2D eigenvalue weighted by molar-refractivity contribution is 6.06. The Bertz CT molecular complexity index is 608. The quantitative estimate of drug-likeness (QED) is 0.689. The first kappa shape index (κ1) is 17.0. The van der Waals surface area contributed by atoms with Crippen LogP contribution in [0.25, 0.3) is 0 Å². The van der Waals surface area contributed by atoms with Crippen molar-refractivity contribution in [3.8, 4) is 0 Å². The summed E-state index contributed by atoms with van der Waals surface area (Å²) < 4.78 is 0. The van der Waals surface area contributed by atoms with Crippen LogP contribution < -0.4 is 10.6 Å². The minimum Gasteiger partial charge on any atom is -0.344 e. The molecule has 7 heteroatoms. The average Bonchev–Trinajstić information content (AvgIpc) is 3.13. The molecule has 0 spiro atoms. The molecule has 2 aliphatic rings. The summed E-state index contributed by atoms with van der Waals surface area (Å²) in [7, 11) is 0. The Hall–Kier alpha value is -1.89. The second kappa shape index (κ2) is 6.93. The standard InChI is InChI=1S/C17H27N5O2/c1-3-4-5-14-19-10-13(20-14)11-22-15(23)17(2,21-16(22)24)12-6-8-18-9-7-12/h10,12,18H,3-9,11H2,1-2H3,(H,19,20)(H,21,24)/t17-/m0/s1. The van der Waals surface area contributed by atoms with Crippen molar-refractivity contribution < 1.29 is 9.59 Å².